The molecule has 0 saturated carbocycles. The van der Waals surface area contributed by atoms with E-state index in [1.54, 1.807) is 0 Å². The van der Waals surface area contributed by atoms with Gasteiger partial charge in [-0.15, -0.1) is 11.8 Å². The Labute approximate surface area is 136 Å². The van der Waals surface area contributed by atoms with Gasteiger partial charge in [0.1, 0.15) is 0 Å². The molecule has 1 aliphatic rings. The van der Waals surface area contributed by atoms with Crippen molar-refractivity contribution in [2.45, 2.75) is 6.42 Å². The van der Waals surface area contributed by atoms with Crippen LogP contribution in [0.5, 0.6) is 0 Å². The van der Waals surface area contributed by atoms with Crippen LogP contribution in [0, 0.1) is 0 Å². The molecule has 3 nitrogen and oxygen atoms in total. The predicted octanol–water partition coefficient (Wildman–Crippen LogP) is 4.41. The lowest BCUT2D eigenvalue weighted by Crippen LogP contribution is -2.15. The molecule has 0 fully saturated rings. The van der Waals surface area contributed by atoms with Crippen molar-refractivity contribution in [3.8, 4) is 0 Å². The average molecular weight is 361 g/mol. The van der Waals surface area contributed by atoms with Gasteiger partial charge in [0.25, 0.3) is 0 Å². The molecular weight excluding hydrogens is 348 g/mol. The van der Waals surface area contributed by atoms with Crippen LogP contribution < -0.4 is 5.32 Å². The Morgan fingerprint density at radius 1 is 1.19 bits per heavy atom. The molecule has 2 aromatic rings. The summed E-state index contributed by atoms with van der Waals surface area (Å²) in [5, 5.41) is 3.88. The van der Waals surface area contributed by atoms with E-state index in [4.69, 9.17) is 0 Å². The molecule has 0 radical (unpaired) electrons. The lowest BCUT2D eigenvalue weighted by atomic mass is 10.2. The molecule has 1 N–H and O–H groups in total. The van der Waals surface area contributed by atoms with Gasteiger partial charge in [-0.3, -0.25) is 4.79 Å². The molecule has 0 aliphatic carbocycles. The number of aliphatic imine (C=N–C) groups is 1. The van der Waals surface area contributed by atoms with Crippen molar-refractivity contribution in [1.82, 2.24) is 0 Å². The van der Waals surface area contributed by atoms with Crippen LogP contribution in [0.1, 0.15) is 5.56 Å². The van der Waals surface area contributed by atoms with E-state index in [0.29, 0.717) is 5.75 Å². The molecule has 0 saturated heterocycles. The largest absolute Gasteiger partial charge is 0.325 e. The van der Waals surface area contributed by atoms with Gasteiger partial charge in [-0.05, 0) is 35.9 Å². The first kappa shape index (κ1) is 14.4. The first-order valence-corrected chi connectivity index (χ1v) is 8.32. The highest BCUT2D eigenvalue weighted by Gasteiger charge is 2.15. The van der Waals surface area contributed by atoms with Crippen LogP contribution in [0.2, 0.25) is 0 Å². The number of rotatable bonds is 3. The van der Waals surface area contributed by atoms with Crippen molar-refractivity contribution >= 4 is 50.0 Å². The van der Waals surface area contributed by atoms with Crippen LogP contribution in [0.25, 0.3) is 0 Å². The number of thioether (sulfide) groups is 1. The number of nitrogens with one attached hydrogen (secondary N) is 1. The lowest BCUT2D eigenvalue weighted by Gasteiger charge is -2.05. The fourth-order valence-corrected chi connectivity index (χ4v) is 3.12. The molecule has 21 heavy (non-hydrogen) atoms. The van der Waals surface area contributed by atoms with Crippen molar-refractivity contribution in [2.24, 2.45) is 4.99 Å². The second-order valence-corrected chi connectivity index (χ2v) is 6.62. The molecule has 1 aliphatic heterocycles. The van der Waals surface area contributed by atoms with Gasteiger partial charge in [-0.25, -0.2) is 4.99 Å². The summed E-state index contributed by atoms with van der Waals surface area (Å²) in [4.78, 5) is 16.5. The molecule has 0 unspecified atom stereocenters. The highest BCUT2D eigenvalue weighted by atomic mass is 79.9. The quantitative estimate of drug-likeness (QED) is 0.880. The average Bonchev–Trinajstić information content (AvgIpc) is 2.90. The minimum absolute atomic E-state index is 0.0130. The van der Waals surface area contributed by atoms with Crippen LogP contribution in [0.15, 0.2) is 58.0 Å². The molecule has 0 aromatic heterocycles. The Hall–Kier alpha value is -1.59. The molecule has 5 heteroatoms. The number of fused-ring (bicyclic) bond motifs is 1. The van der Waals surface area contributed by atoms with E-state index < -0.39 is 0 Å². The standard InChI is InChI=1S/C16H13BrN2OS/c17-12-5-7-13(8-6-12)18-15(20)10-21-16-9-11-3-1-2-4-14(11)19-16/h1-8H,9-10H2,(H,18,20). The first-order chi connectivity index (χ1) is 10.2. The van der Waals surface area contributed by atoms with Crippen molar-refractivity contribution < 1.29 is 4.79 Å². The summed E-state index contributed by atoms with van der Waals surface area (Å²) in [6.07, 6.45) is 0.826. The number of hydrogen-bond donors (Lipinski definition) is 1. The second kappa shape index (κ2) is 6.45. The van der Waals surface area contributed by atoms with E-state index in [-0.39, 0.29) is 5.91 Å². The van der Waals surface area contributed by atoms with Crippen molar-refractivity contribution in [3.63, 3.8) is 0 Å². The number of para-hydroxylation sites is 1. The highest BCUT2D eigenvalue weighted by molar-refractivity contribution is 9.10. The monoisotopic (exact) mass is 360 g/mol. The maximum Gasteiger partial charge on any atom is 0.234 e. The van der Waals surface area contributed by atoms with Crippen molar-refractivity contribution in [3.05, 3.63) is 58.6 Å². The van der Waals surface area contributed by atoms with Gasteiger partial charge in [0.15, 0.2) is 0 Å². The normalized spacial score (nSPS) is 12.7. The van der Waals surface area contributed by atoms with Crippen LogP contribution in [-0.4, -0.2) is 16.7 Å². The number of carbonyl (C=O) groups excluding carboxylic acids is 1. The Morgan fingerprint density at radius 3 is 2.71 bits per heavy atom. The van der Waals surface area contributed by atoms with Crippen molar-refractivity contribution in [1.29, 1.82) is 0 Å². The smallest absolute Gasteiger partial charge is 0.234 e. The van der Waals surface area contributed by atoms with Crippen LogP contribution in [-0.2, 0) is 11.2 Å². The van der Waals surface area contributed by atoms with Gasteiger partial charge in [-0.2, -0.15) is 0 Å². The molecule has 0 atom stereocenters. The van der Waals surface area contributed by atoms with E-state index in [2.05, 4.69) is 32.3 Å². The Morgan fingerprint density at radius 2 is 1.95 bits per heavy atom. The number of amides is 1. The summed E-state index contributed by atoms with van der Waals surface area (Å²) in [6, 6.07) is 15.6. The lowest BCUT2D eigenvalue weighted by molar-refractivity contribution is -0.113. The fourth-order valence-electron chi connectivity index (χ4n) is 2.07. The third kappa shape index (κ3) is 3.74. The van der Waals surface area contributed by atoms with Crippen LogP contribution in [0.3, 0.4) is 0 Å². The summed E-state index contributed by atoms with van der Waals surface area (Å²) in [6.45, 7) is 0. The van der Waals surface area contributed by atoms with E-state index in [9.17, 15) is 4.79 Å². The molecule has 0 spiro atoms. The third-order valence-electron chi connectivity index (χ3n) is 3.08. The Balaban J connectivity index is 1.52. The number of halogens is 1. The predicted molar refractivity (Wildman–Crippen MR) is 92.5 cm³/mol. The van der Waals surface area contributed by atoms with Gasteiger partial charge in [0.05, 0.1) is 16.5 Å². The highest BCUT2D eigenvalue weighted by Crippen LogP contribution is 2.29. The molecular formula is C16H13BrN2OS. The molecule has 0 bridgehead atoms. The zero-order chi connectivity index (χ0) is 14.7. The van der Waals surface area contributed by atoms with E-state index in [1.807, 2.05) is 42.5 Å². The maximum atomic E-state index is 11.9. The van der Waals surface area contributed by atoms with Crippen molar-refractivity contribution in [2.75, 3.05) is 11.1 Å². The topological polar surface area (TPSA) is 41.5 Å². The van der Waals surface area contributed by atoms with E-state index in [0.717, 1.165) is 27.3 Å². The first-order valence-electron chi connectivity index (χ1n) is 6.54. The third-order valence-corrected chi connectivity index (χ3v) is 4.58. The number of nitrogens with zero attached hydrogens (tertiary/aromatic N) is 1. The van der Waals surface area contributed by atoms with Crippen LogP contribution >= 0.6 is 27.7 Å². The molecule has 1 heterocycles. The number of carbonyl (C=O) groups is 1. The Kier molecular flexibility index (Phi) is 4.41. The van der Waals surface area contributed by atoms with Gasteiger partial charge in [0, 0.05) is 16.6 Å². The molecule has 2 aromatic carbocycles. The van der Waals surface area contributed by atoms with Gasteiger partial charge in [0.2, 0.25) is 5.91 Å². The van der Waals surface area contributed by atoms with Gasteiger partial charge < -0.3 is 5.32 Å². The minimum Gasteiger partial charge on any atom is -0.325 e. The number of benzene rings is 2. The number of anilines is 1. The second-order valence-electron chi connectivity index (χ2n) is 4.65. The SMILES string of the molecule is O=C(CSC1=Nc2ccccc2C1)Nc1ccc(Br)cc1. The summed E-state index contributed by atoms with van der Waals surface area (Å²) < 4.78 is 0.993. The van der Waals surface area contributed by atoms with Gasteiger partial charge >= 0.3 is 0 Å². The zero-order valence-corrected chi connectivity index (χ0v) is 13.6. The maximum absolute atomic E-state index is 11.9. The summed E-state index contributed by atoms with van der Waals surface area (Å²) >= 11 is 4.87. The minimum atomic E-state index is -0.0130. The fraction of sp³-hybridized carbons (Fsp3) is 0.125. The molecule has 106 valence electrons. The Bertz CT molecular complexity index is 698. The molecule has 3 rings (SSSR count). The zero-order valence-electron chi connectivity index (χ0n) is 11.2. The molecule has 1 amide bonds. The van der Waals surface area contributed by atoms with Crippen LogP contribution in [0.4, 0.5) is 11.4 Å². The van der Waals surface area contributed by atoms with E-state index in [1.165, 1.54) is 17.3 Å². The van der Waals surface area contributed by atoms with Gasteiger partial charge in [-0.1, -0.05) is 34.1 Å². The summed E-state index contributed by atoms with van der Waals surface area (Å²) in [5.74, 6) is 0.365. The van der Waals surface area contributed by atoms with E-state index >= 15 is 0 Å². The summed E-state index contributed by atoms with van der Waals surface area (Å²) in [5.41, 5.74) is 3.06. The number of hydrogen-bond acceptors (Lipinski definition) is 3. The summed E-state index contributed by atoms with van der Waals surface area (Å²) in [7, 11) is 0.